The van der Waals surface area contributed by atoms with Gasteiger partial charge in [-0.05, 0) is 42.5 Å². The summed E-state index contributed by atoms with van der Waals surface area (Å²) >= 11 is 0. The van der Waals surface area contributed by atoms with Crippen molar-refractivity contribution in [2.75, 3.05) is 19.7 Å². The summed E-state index contributed by atoms with van der Waals surface area (Å²) in [5.41, 5.74) is 0.409. The molecule has 2 aromatic rings. The lowest BCUT2D eigenvalue weighted by atomic mass is 9.82. The lowest BCUT2D eigenvalue weighted by Gasteiger charge is -2.41. The third-order valence-corrected chi connectivity index (χ3v) is 7.11. The molecule has 0 aromatic heterocycles. The van der Waals surface area contributed by atoms with Crippen molar-refractivity contribution in [2.45, 2.75) is 45.8 Å². The summed E-state index contributed by atoms with van der Waals surface area (Å²) in [6.45, 7) is 5.88. The monoisotopic (exact) mass is 465 g/mol. The molecule has 9 heteroatoms. The fraction of sp³-hybridized carbons (Fsp3) is 0.440. The summed E-state index contributed by atoms with van der Waals surface area (Å²) < 4.78 is 0. The lowest BCUT2D eigenvalue weighted by molar-refractivity contribution is -0.0319. The zero-order valence-corrected chi connectivity index (χ0v) is 19.4. The van der Waals surface area contributed by atoms with E-state index in [9.17, 15) is 29.4 Å². The van der Waals surface area contributed by atoms with Gasteiger partial charge in [0.1, 0.15) is 0 Å². The second kappa shape index (κ2) is 7.69. The molecule has 5 rings (SSSR count). The topological polar surface area (TPSA) is 118 Å². The predicted octanol–water partition coefficient (Wildman–Crippen LogP) is 1.81. The number of carbonyl (C=O) groups excluding carboxylic acids is 4. The molecule has 178 valence electrons. The number of carbonyl (C=O) groups is 4. The number of nitrogens with zero attached hydrogens (tertiary/aromatic N) is 3. The highest BCUT2D eigenvalue weighted by molar-refractivity contribution is 6.33. The largest absolute Gasteiger partial charge is 0.394 e. The molecule has 2 aromatic carbocycles. The minimum absolute atomic E-state index is 0.230. The van der Waals surface area contributed by atoms with Gasteiger partial charge in [-0.1, -0.05) is 20.8 Å². The molecule has 34 heavy (non-hydrogen) atoms. The van der Waals surface area contributed by atoms with Crippen LogP contribution in [0.5, 0.6) is 0 Å². The number of hydrogen-bond acceptors (Lipinski definition) is 7. The van der Waals surface area contributed by atoms with Crippen LogP contribution in [0.4, 0.5) is 0 Å². The van der Waals surface area contributed by atoms with Gasteiger partial charge in [0.25, 0.3) is 23.6 Å². The average molecular weight is 466 g/mol. The molecule has 0 bridgehead atoms. The maximum Gasteiger partial charge on any atom is 0.276 e. The van der Waals surface area contributed by atoms with E-state index in [0.717, 1.165) is 9.91 Å². The van der Waals surface area contributed by atoms with Gasteiger partial charge < -0.3 is 10.2 Å². The Morgan fingerprint density at radius 3 is 1.62 bits per heavy atom. The molecule has 2 N–H and O–H groups in total. The second-order valence-corrected chi connectivity index (χ2v) is 10.2. The highest BCUT2D eigenvalue weighted by Crippen LogP contribution is 2.40. The molecule has 3 aliphatic rings. The van der Waals surface area contributed by atoms with E-state index in [1.165, 1.54) is 24.3 Å². The van der Waals surface area contributed by atoms with E-state index in [1.807, 2.05) is 20.8 Å². The Morgan fingerprint density at radius 1 is 0.824 bits per heavy atom. The minimum Gasteiger partial charge on any atom is -0.394 e. The van der Waals surface area contributed by atoms with Crippen molar-refractivity contribution in [3.63, 3.8) is 0 Å². The number of benzene rings is 2. The minimum atomic E-state index is -0.740. The van der Waals surface area contributed by atoms with Gasteiger partial charge in [0.15, 0.2) is 0 Å². The molecule has 3 heterocycles. The van der Waals surface area contributed by atoms with Gasteiger partial charge in [-0.15, -0.1) is 0 Å². The van der Waals surface area contributed by atoms with E-state index in [4.69, 9.17) is 0 Å². The van der Waals surface area contributed by atoms with Crippen LogP contribution in [0, 0.1) is 5.41 Å². The molecular formula is C25H27N3O6. The van der Waals surface area contributed by atoms with Crippen LogP contribution in [0.25, 0.3) is 10.8 Å². The maximum atomic E-state index is 13.5. The third kappa shape index (κ3) is 3.11. The second-order valence-electron chi connectivity index (χ2n) is 10.2. The number of aliphatic hydroxyl groups is 2. The van der Waals surface area contributed by atoms with Crippen molar-refractivity contribution < 1.29 is 29.4 Å². The van der Waals surface area contributed by atoms with Crippen LogP contribution in [0.15, 0.2) is 24.3 Å². The van der Waals surface area contributed by atoms with E-state index < -0.39 is 41.2 Å². The highest BCUT2D eigenvalue weighted by Gasteiger charge is 2.45. The Kier molecular flexibility index (Phi) is 5.12. The molecule has 0 radical (unpaired) electrons. The van der Waals surface area contributed by atoms with Crippen molar-refractivity contribution in [1.82, 2.24) is 14.9 Å². The van der Waals surface area contributed by atoms with E-state index in [1.54, 1.807) is 5.01 Å². The van der Waals surface area contributed by atoms with E-state index >= 15 is 0 Å². The Bertz CT molecular complexity index is 1180. The van der Waals surface area contributed by atoms with Crippen molar-refractivity contribution >= 4 is 34.4 Å². The molecule has 1 unspecified atom stereocenters. The summed E-state index contributed by atoms with van der Waals surface area (Å²) in [7, 11) is 0. The maximum absolute atomic E-state index is 13.5. The van der Waals surface area contributed by atoms with Crippen LogP contribution >= 0.6 is 0 Å². The zero-order chi connectivity index (χ0) is 24.5. The molecule has 0 saturated carbocycles. The zero-order valence-electron chi connectivity index (χ0n) is 19.4. The molecule has 3 aliphatic heterocycles. The molecule has 1 fully saturated rings. The van der Waals surface area contributed by atoms with Gasteiger partial charge in [-0.25, -0.2) is 10.0 Å². The Morgan fingerprint density at radius 2 is 1.24 bits per heavy atom. The number of piperidine rings is 1. The first-order valence-electron chi connectivity index (χ1n) is 11.5. The van der Waals surface area contributed by atoms with Gasteiger partial charge in [-0.2, -0.15) is 0 Å². The van der Waals surface area contributed by atoms with Gasteiger partial charge in [0.2, 0.25) is 0 Å². The van der Waals surface area contributed by atoms with E-state index in [-0.39, 0.29) is 28.9 Å². The summed E-state index contributed by atoms with van der Waals surface area (Å²) in [5, 5.41) is 23.2. The van der Waals surface area contributed by atoms with Gasteiger partial charge >= 0.3 is 0 Å². The van der Waals surface area contributed by atoms with Crippen LogP contribution in [0.2, 0.25) is 0 Å². The number of aliphatic hydroxyl groups excluding tert-OH is 2. The van der Waals surface area contributed by atoms with Gasteiger partial charge in [-0.3, -0.25) is 24.1 Å². The smallest absolute Gasteiger partial charge is 0.276 e. The average Bonchev–Trinajstić information content (AvgIpc) is 2.79. The first-order chi connectivity index (χ1) is 16.1. The number of hydrogen-bond donors (Lipinski definition) is 2. The highest BCUT2D eigenvalue weighted by atomic mass is 16.3. The van der Waals surface area contributed by atoms with Gasteiger partial charge in [0, 0.05) is 35.0 Å². The van der Waals surface area contributed by atoms with Crippen molar-refractivity contribution in [2.24, 2.45) is 5.41 Å². The predicted molar refractivity (Wildman–Crippen MR) is 122 cm³/mol. The standard InChI is InChI=1S/C25H27N3O6/c1-25(2,3)18(12-29)27-21(31)14-4-6-16-20-17(7-5-15(19(14)20)22(27)32)24(34)28(23(16)33)26-10-8-13(30)9-11-26/h4-7,13,18,29-30H,8-12H2,1-3H3. The number of amides is 4. The van der Waals surface area contributed by atoms with E-state index in [0.29, 0.717) is 36.7 Å². The normalized spacial score (nSPS) is 20.5. The number of imide groups is 2. The molecule has 0 aliphatic carbocycles. The molecular weight excluding hydrogens is 438 g/mol. The molecule has 1 saturated heterocycles. The Balaban J connectivity index is 1.65. The van der Waals surface area contributed by atoms with Gasteiger partial charge in [0.05, 0.1) is 29.9 Å². The van der Waals surface area contributed by atoms with Crippen LogP contribution < -0.4 is 0 Å². The Labute approximate surface area is 196 Å². The van der Waals surface area contributed by atoms with Crippen LogP contribution in [0.1, 0.15) is 75.0 Å². The fourth-order valence-electron chi connectivity index (χ4n) is 5.22. The first-order valence-corrected chi connectivity index (χ1v) is 11.5. The quantitative estimate of drug-likeness (QED) is 0.664. The number of rotatable bonds is 3. The van der Waals surface area contributed by atoms with E-state index in [2.05, 4.69) is 0 Å². The summed E-state index contributed by atoms with van der Waals surface area (Å²) in [5.74, 6) is -2.13. The van der Waals surface area contributed by atoms with Crippen molar-refractivity contribution in [1.29, 1.82) is 0 Å². The third-order valence-electron chi connectivity index (χ3n) is 7.11. The molecule has 4 amide bonds. The summed E-state index contributed by atoms with van der Waals surface area (Å²) in [6.07, 6.45) is 0.451. The molecule has 0 spiro atoms. The van der Waals surface area contributed by atoms with Crippen molar-refractivity contribution in [3.8, 4) is 0 Å². The summed E-state index contributed by atoms with van der Waals surface area (Å²) in [6, 6.07) is 5.37. The van der Waals surface area contributed by atoms with Crippen LogP contribution in [-0.2, 0) is 0 Å². The van der Waals surface area contributed by atoms with Crippen molar-refractivity contribution in [3.05, 3.63) is 46.5 Å². The Hall–Kier alpha value is -3.14. The molecule has 9 nitrogen and oxygen atoms in total. The summed E-state index contributed by atoms with van der Waals surface area (Å²) in [4.78, 5) is 54.9. The lowest BCUT2D eigenvalue weighted by Crippen LogP contribution is -2.55. The van der Waals surface area contributed by atoms with Crippen LogP contribution in [0.3, 0.4) is 0 Å². The molecule has 1 atom stereocenters. The SMILES string of the molecule is CC(C)(C)C(CO)N1C(=O)c2ccc3c4c(ccc(c24)C1=O)C(=O)N(N1CCC(O)CC1)C3=O. The first kappa shape index (κ1) is 22.6. The number of hydrazine groups is 1. The fourth-order valence-corrected chi connectivity index (χ4v) is 5.22. The van der Waals surface area contributed by atoms with Crippen LogP contribution in [-0.4, -0.2) is 80.6 Å².